The Balaban J connectivity index is 3.41. The Bertz CT molecular complexity index is 226. The van der Waals surface area contributed by atoms with E-state index in [4.69, 9.17) is 4.74 Å². The SMILES string of the molecule is CCC(=O)CCCOCCC(=O)C(C)(C)C. The first-order valence-corrected chi connectivity index (χ1v) is 6.00. The summed E-state index contributed by atoms with van der Waals surface area (Å²) in [5.41, 5.74) is -0.276. The maximum atomic E-state index is 11.5. The summed E-state index contributed by atoms with van der Waals surface area (Å²) in [7, 11) is 0. The van der Waals surface area contributed by atoms with Gasteiger partial charge in [0.25, 0.3) is 0 Å². The molecule has 0 N–H and O–H groups in total. The highest BCUT2D eigenvalue weighted by molar-refractivity contribution is 5.83. The summed E-state index contributed by atoms with van der Waals surface area (Å²) in [6.07, 6.45) is 2.41. The highest BCUT2D eigenvalue weighted by Gasteiger charge is 2.20. The summed E-state index contributed by atoms with van der Waals surface area (Å²) >= 11 is 0. The third-order valence-electron chi connectivity index (χ3n) is 2.45. The summed E-state index contributed by atoms with van der Waals surface area (Å²) in [5, 5.41) is 0. The molecule has 0 atom stereocenters. The number of Topliss-reactive ketones (excluding diaryl/α,β-unsaturated/α-hetero) is 2. The highest BCUT2D eigenvalue weighted by atomic mass is 16.5. The van der Waals surface area contributed by atoms with E-state index < -0.39 is 0 Å². The van der Waals surface area contributed by atoms with Gasteiger partial charge in [-0.3, -0.25) is 9.59 Å². The molecule has 0 aliphatic heterocycles. The molecule has 0 aromatic rings. The molecule has 0 radical (unpaired) electrons. The minimum atomic E-state index is -0.276. The fourth-order valence-corrected chi connectivity index (χ4v) is 1.19. The minimum Gasteiger partial charge on any atom is -0.381 e. The van der Waals surface area contributed by atoms with Crippen LogP contribution >= 0.6 is 0 Å². The summed E-state index contributed by atoms with van der Waals surface area (Å²) in [6, 6.07) is 0. The normalized spacial score (nSPS) is 11.5. The zero-order valence-electron chi connectivity index (χ0n) is 11.0. The van der Waals surface area contributed by atoms with Crippen molar-refractivity contribution in [2.24, 2.45) is 5.41 Å². The van der Waals surface area contributed by atoms with Crippen LogP contribution in [0.5, 0.6) is 0 Å². The van der Waals surface area contributed by atoms with Gasteiger partial charge in [0.05, 0.1) is 6.61 Å². The van der Waals surface area contributed by atoms with Crippen molar-refractivity contribution in [1.29, 1.82) is 0 Å². The molecule has 0 saturated carbocycles. The lowest BCUT2D eigenvalue weighted by Crippen LogP contribution is -2.21. The Hall–Kier alpha value is -0.700. The predicted octanol–water partition coefficient (Wildman–Crippen LogP) is 2.77. The van der Waals surface area contributed by atoms with Gasteiger partial charge in [-0.05, 0) is 6.42 Å². The zero-order valence-corrected chi connectivity index (χ0v) is 11.0. The number of carbonyl (C=O) groups excluding carboxylic acids is 2. The third kappa shape index (κ3) is 7.57. The molecule has 0 unspecified atom stereocenters. The van der Waals surface area contributed by atoms with E-state index in [1.807, 2.05) is 27.7 Å². The third-order valence-corrected chi connectivity index (χ3v) is 2.45. The van der Waals surface area contributed by atoms with Gasteiger partial charge in [0.1, 0.15) is 11.6 Å². The predicted molar refractivity (Wildman–Crippen MR) is 64.4 cm³/mol. The Morgan fingerprint density at radius 1 is 1.06 bits per heavy atom. The first-order valence-electron chi connectivity index (χ1n) is 6.00. The van der Waals surface area contributed by atoms with Crippen molar-refractivity contribution in [3.63, 3.8) is 0 Å². The number of carbonyl (C=O) groups is 2. The number of hydrogen-bond acceptors (Lipinski definition) is 3. The van der Waals surface area contributed by atoms with Crippen LogP contribution in [-0.4, -0.2) is 24.8 Å². The van der Waals surface area contributed by atoms with Gasteiger partial charge in [-0.1, -0.05) is 27.7 Å². The molecular weight excluding hydrogens is 204 g/mol. The molecule has 0 heterocycles. The zero-order chi connectivity index (χ0) is 12.6. The van der Waals surface area contributed by atoms with Crippen LogP contribution in [0.4, 0.5) is 0 Å². The van der Waals surface area contributed by atoms with Crippen LogP contribution in [0.2, 0.25) is 0 Å². The van der Waals surface area contributed by atoms with Crippen molar-refractivity contribution in [2.45, 2.75) is 53.4 Å². The average molecular weight is 228 g/mol. The molecule has 3 nitrogen and oxygen atoms in total. The van der Waals surface area contributed by atoms with E-state index in [9.17, 15) is 9.59 Å². The molecule has 0 amide bonds. The van der Waals surface area contributed by atoms with Crippen LogP contribution in [0, 0.1) is 5.41 Å². The molecule has 0 spiro atoms. The monoisotopic (exact) mass is 228 g/mol. The quantitative estimate of drug-likeness (QED) is 0.600. The number of hydrogen-bond donors (Lipinski definition) is 0. The van der Waals surface area contributed by atoms with Crippen molar-refractivity contribution >= 4 is 11.6 Å². The maximum absolute atomic E-state index is 11.5. The first-order chi connectivity index (χ1) is 7.38. The van der Waals surface area contributed by atoms with Gasteiger partial charge >= 0.3 is 0 Å². The van der Waals surface area contributed by atoms with E-state index in [2.05, 4.69) is 0 Å². The van der Waals surface area contributed by atoms with Crippen LogP contribution in [0.15, 0.2) is 0 Å². The second-order valence-electron chi connectivity index (χ2n) is 5.03. The van der Waals surface area contributed by atoms with E-state index >= 15 is 0 Å². The van der Waals surface area contributed by atoms with Crippen LogP contribution in [0.1, 0.15) is 53.4 Å². The topological polar surface area (TPSA) is 43.4 Å². The van der Waals surface area contributed by atoms with Gasteiger partial charge in [0, 0.05) is 31.3 Å². The molecular formula is C13H24O3. The lowest BCUT2D eigenvalue weighted by Gasteiger charge is -2.16. The van der Waals surface area contributed by atoms with Crippen LogP contribution in [-0.2, 0) is 14.3 Å². The van der Waals surface area contributed by atoms with Crippen molar-refractivity contribution < 1.29 is 14.3 Å². The molecule has 0 aromatic carbocycles. The smallest absolute Gasteiger partial charge is 0.140 e. The molecule has 0 aromatic heterocycles. The Morgan fingerprint density at radius 2 is 1.69 bits per heavy atom. The van der Waals surface area contributed by atoms with Gasteiger partial charge in [-0.2, -0.15) is 0 Å². The number of ketones is 2. The van der Waals surface area contributed by atoms with Crippen LogP contribution < -0.4 is 0 Å². The average Bonchev–Trinajstić information content (AvgIpc) is 2.20. The molecule has 0 aliphatic rings. The largest absolute Gasteiger partial charge is 0.381 e. The van der Waals surface area contributed by atoms with E-state index in [1.54, 1.807) is 0 Å². The molecule has 0 rings (SSSR count). The minimum absolute atomic E-state index is 0.220. The Kier molecular flexibility index (Phi) is 7.22. The van der Waals surface area contributed by atoms with Crippen LogP contribution in [0.3, 0.4) is 0 Å². The number of ether oxygens (including phenoxy) is 1. The first kappa shape index (κ1) is 15.3. The van der Waals surface area contributed by atoms with Gasteiger partial charge in [0.15, 0.2) is 0 Å². The highest BCUT2D eigenvalue weighted by Crippen LogP contribution is 2.16. The Labute approximate surface area is 98.6 Å². The van der Waals surface area contributed by atoms with Crippen LogP contribution in [0.25, 0.3) is 0 Å². The number of rotatable bonds is 8. The standard InChI is InChI=1S/C13H24O3/c1-5-11(14)7-6-9-16-10-8-12(15)13(2,3)4/h5-10H2,1-4H3. The van der Waals surface area contributed by atoms with E-state index in [-0.39, 0.29) is 17.0 Å². The summed E-state index contributed by atoms with van der Waals surface area (Å²) in [5.74, 6) is 0.492. The fraction of sp³-hybridized carbons (Fsp3) is 0.846. The van der Waals surface area contributed by atoms with Crippen molar-refractivity contribution in [3.8, 4) is 0 Å². The summed E-state index contributed by atoms with van der Waals surface area (Å²) in [4.78, 5) is 22.5. The van der Waals surface area contributed by atoms with E-state index in [0.29, 0.717) is 32.5 Å². The second kappa shape index (κ2) is 7.55. The lowest BCUT2D eigenvalue weighted by atomic mass is 9.89. The summed E-state index contributed by atoms with van der Waals surface area (Å²) < 4.78 is 5.32. The molecule has 0 bridgehead atoms. The van der Waals surface area contributed by atoms with Crippen molar-refractivity contribution in [3.05, 3.63) is 0 Å². The maximum Gasteiger partial charge on any atom is 0.140 e. The van der Waals surface area contributed by atoms with E-state index in [1.165, 1.54) is 0 Å². The molecule has 0 saturated heterocycles. The van der Waals surface area contributed by atoms with Gasteiger partial charge < -0.3 is 4.74 Å². The molecule has 0 fully saturated rings. The van der Waals surface area contributed by atoms with Gasteiger partial charge in [0.2, 0.25) is 0 Å². The Morgan fingerprint density at radius 3 is 2.19 bits per heavy atom. The lowest BCUT2D eigenvalue weighted by molar-refractivity contribution is -0.127. The van der Waals surface area contributed by atoms with Gasteiger partial charge in [-0.15, -0.1) is 0 Å². The molecule has 0 aliphatic carbocycles. The summed E-state index contributed by atoms with van der Waals surface area (Å²) in [6.45, 7) is 8.64. The molecule has 94 valence electrons. The van der Waals surface area contributed by atoms with Crippen molar-refractivity contribution in [2.75, 3.05) is 13.2 Å². The second-order valence-corrected chi connectivity index (χ2v) is 5.03. The van der Waals surface area contributed by atoms with E-state index in [0.717, 1.165) is 6.42 Å². The fourth-order valence-electron chi connectivity index (χ4n) is 1.19. The van der Waals surface area contributed by atoms with Crippen molar-refractivity contribution in [1.82, 2.24) is 0 Å². The van der Waals surface area contributed by atoms with Gasteiger partial charge in [-0.25, -0.2) is 0 Å². The molecule has 3 heteroatoms. The molecule has 16 heavy (non-hydrogen) atoms.